The van der Waals surface area contributed by atoms with Crippen LogP contribution in [0.1, 0.15) is 33.0 Å². The molecule has 4 heteroatoms. The molecule has 0 radical (unpaired) electrons. The van der Waals surface area contributed by atoms with Gasteiger partial charge in [0.15, 0.2) is 5.78 Å². The molecule has 0 saturated heterocycles. The van der Waals surface area contributed by atoms with E-state index >= 15 is 0 Å². The van der Waals surface area contributed by atoms with Gasteiger partial charge in [0, 0.05) is 17.0 Å². The molecule has 0 aliphatic heterocycles. The molecule has 0 aliphatic carbocycles. The van der Waals surface area contributed by atoms with Crippen LogP contribution in [0.4, 0.5) is 4.39 Å². The Balaban J connectivity index is 2.31. The van der Waals surface area contributed by atoms with Crippen LogP contribution >= 0.6 is 11.6 Å². The van der Waals surface area contributed by atoms with Crippen molar-refractivity contribution in [3.8, 4) is 0 Å². The fourth-order valence-corrected chi connectivity index (χ4v) is 2.29. The van der Waals surface area contributed by atoms with Gasteiger partial charge in [0.2, 0.25) is 0 Å². The lowest BCUT2D eigenvalue weighted by Crippen LogP contribution is -2.07. The zero-order valence-corrected chi connectivity index (χ0v) is 11.8. The van der Waals surface area contributed by atoms with Gasteiger partial charge in [-0.25, -0.2) is 4.39 Å². The maximum absolute atomic E-state index is 13.7. The lowest BCUT2D eigenvalue weighted by atomic mass is 9.99. The highest BCUT2D eigenvalue weighted by Gasteiger charge is 2.19. The Labute approximate surface area is 116 Å². The molecule has 0 bridgehead atoms. The van der Waals surface area contributed by atoms with Crippen LogP contribution in [0.2, 0.25) is 5.02 Å². The van der Waals surface area contributed by atoms with Crippen LogP contribution in [0.15, 0.2) is 22.6 Å². The van der Waals surface area contributed by atoms with Crippen LogP contribution < -0.4 is 0 Å². The summed E-state index contributed by atoms with van der Waals surface area (Å²) in [5.74, 6) is 0.691. The highest BCUT2D eigenvalue weighted by atomic mass is 35.5. The number of hydrogen-bond acceptors (Lipinski definition) is 2. The van der Waals surface area contributed by atoms with Crippen molar-refractivity contribution in [2.45, 2.75) is 27.2 Å². The van der Waals surface area contributed by atoms with Crippen molar-refractivity contribution in [3.05, 3.63) is 57.2 Å². The van der Waals surface area contributed by atoms with E-state index in [9.17, 15) is 9.18 Å². The maximum Gasteiger partial charge on any atom is 0.171 e. The molecule has 0 amide bonds. The number of Topliss-reactive ketones (excluding diaryl/α,β-unsaturated/α-hetero) is 1. The molecule has 2 rings (SSSR count). The number of halogens is 2. The summed E-state index contributed by atoms with van der Waals surface area (Å²) in [4.78, 5) is 12.2. The lowest BCUT2D eigenvalue weighted by molar-refractivity contribution is 0.0990. The van der Waals surface area contributed by atoms with Crippen LogP contribution in [-0.4, -0.2) is 5.78 Å². The van der Waals surface area contributed by atoms with Crippen molar-refractivity contribution in [1.29, 1.82) is 0 Å². The van der Waals surface area contributed by atoms with E-state index in [1.54, 1.807) is 13.0 Å². The first-order valence-corrected chi connectivity index (χ1v) is 6.31. The Morgan fingerprint density at radius 2 is 1.95 bits per heavy atom. The molecule has 0 atom stereocenters. The number of furan rings is 1. The molecule has 0 saturated carbocycles. The first kappa shape index (κ1) is 13.8. The summed E-state index contributed by atoms with van der Waals surface area (Å²) in [6, 6.07) is 4.32. The number of carbonyl (C=O) groups is 1. The maximum atomic E-state index is 13.7. The second-order valence-electron chi connectivity index (χ2n) is 4.55. The average Bonchev–Trinajstić information content (AvgIpc) is 2.57. The number of carbonyl (C=O) groups excluding carboxylic acids is 1. The minimum Gasteiger partial charge on any atom is -0.466 e. The molecule has 2 nitrogen and oxygen atoms in total. The average molecular weight is 281 g/mol. The van der Waals surface area contributed by atoms with Crippen LogP contribution in [0.5, 0.6) is 0 Å². The minimum absolute atomic E-state index is 0.00363. The fraction of sp³-hybridized carbons (Fsp3) is 0.267. The number of benzene rings is 1. The van der Waals surface area contributed by atoms with E-state index in [4.69, 9.17) is 16.0 Å². The van der Waals surface area contributed by atoms with E-state index in [0.717, 1.165) is 11.3 Å². The third-order valence-electron chi connectivity index (χ3n) is 3.21. The Morgan fingerprint density at radius 3 is 2.47 bits per heavy atom. The van der Waals surface area contributed by atoms with Crippen molar-refractivity contribution in [2.24, 2.45) is 0 Å². The molecule has 1 aromatic heterocycles. The fourth-order valence-electron chi connectivity index (χ4n) is 2.13. The molecule has 0 unspecified atom stereocenters. The Bertz CT molecular complexity index is 644. The van der Waals surface area contributed by atoms with Gasteiger partial charge >= 0.3 is 0 Å². The molecule has 0 fully saturated rings. The first-order valence-electron chi connectivity index (χ1n) is 5.94. The highest BCUT2D eigenvalue weighted by molar-refractivity contribution is 6.30. The van der Waals surface area contributed by atoms with Gasteiger partial charge in [-0.3, -0.25) is 4.79 Å². The number of hydrogen-bond donors (Lipinski definition) is 0. The van der Waals surface area contributed by atoms with Gasteiger partial charge in [-0.1, -0.05) is 17.7 Å². The molecule has 0 aliphatic rings. The van der Waals surface area contributed by atoms with Crippen LogP contribution in [-0.2, 0) is 6.42 Å². The van der Waals surface area contributed by atoms with Crippen molar-refractivity contribution >= 4 is 17.4 Å². The van der Waals surface area contributed by atoms with Crippen molar-refractivity contribution in [3.63, 3.8) is 0 Å². The van der Waals surface area contributed by atoms with Gasteiger partial charge in [0.25, 0.3) is 0 Å². The highest BCUT2D eigenvalue weighted by Crippen LogP contribution is 2.23. The van der Waals surface area contributed by atoms with Crippen molar-refractivity contribution in [2.75, 3.05) is 0 Å². The summed E-state index contributed by atoms with van der Waals surface area (Å²) in [6.45, 7) is 5.38. The second-order valence-corrected chi connectivity index (χ2v) is 4.99. The smallest absolute Gasteiger partial charge is 0.171 e. The monoisotopic (exact) mass is 280 g/mol. The molecule has 1 aromatic carbocycles. The van der Waals surface area contributed by atoms with Crippen LogP contribution in [0.25, 0.3) is 0 Å². The Kier molecular flexibility index (Phi) is 3.76. The van der Waals surface area contributed by atoms with E-state index in [1.165, 1.54) is 12.1 Å². The summed E-state index contributed by atoms with van der Waals surface area (Å²) in [5.41, 5.74) is 1.70. The van der Waals surface area contributed by atoms with Crippen LogP contribution in [0.3, 0.4) is 0 Å². The van der Waals surface area contributed by atoms with E-state index in [2.05, 4.69) is 0 Å². The van der Waals surface area contributed by atoms with Gasteiger partial charge in [0.1, 0.15) is 17.3 Å². The van der Waals surface area contributed by atoms with Gasteiger partial charge in [-0.15, -0.1) is 0 Å². The third kappa shape index (κ3) is 2.71. The lowest BCUT2D eigenvalue weighted by Gasteiger charge is -2.04. The number of aryl methyl sites for hydroxylation is 2. The standard InChI is InChI=1S/C15H14ClFO2/c1-8-9(2)19-10(3)15(8)14(18)6-11-4-5-12(16)7-13(11)17/h4-5,7H,6H2,1-3H3. The predicted molar refractivity (Wildman–Crippen MR) is 72.4 cm³/mol. The van der Waals surface area contributed by atoms with Gasteiger partial charge in [-0.2, -0.15) is 0 Å². The van der Waals surface area contributed by atoms with E-state index in [0.29, 0.717) is 21.9 Å². The minimum atomic E-state index is -0.462. The number of ketones is 1. The molecule has 100 valence electrons. The first-order chi connectivity index (χ1) is 8.90. The molecule has 19 heavy (non-hydrogen) atoms. The Hall–Kier alpha value is -1.61. The SMILES string of the molecule is Cc1oc(C)c(C(=O)Cc2ccc(Cl)cc2F)c1C. The van der Waals surface area contributed by atoms with E-state index < -0.39 is 5.82 Å². The third-order valence-corrected chi connectivity index (χ3v) is 3.44. The summed E-state index contributed by atoms with van der Waals surface area (Å²) in [7, 11) is 0. The van der Waals surface area contributed by atoms with Crippen molar-refractivity contribution in [1.82, 2.24) is 0 Å². The quantitative estimate of drug-likeness (QED) is 0.779. The zero-order valence-electron chi connectivity index (χ0n) is 11.0. The number of rotatable bonds is 3. The van der Waals surface area contributed by atoms with Gasteiger partial charge in [-0.05, 0) is 38.5 Å². The van der Waals surface area contributed by atoms with E-state index in [-0.39, 0.29) is 12.2 Å². The van der Waals surface area contributed by atoms with Crippen LogP contribution in [0, 0.1) is 26.6 Å². The Morgan fingerprint density at radius 1 is 1.26 bits per heavy atom. The zero-order chi connectivity index (χ0) is 14.2. The van der Waals surface area contributed by atoms with E-state index in [1.807, 2.05) is 13.8 Å². The van der Waals surface area contributed by atoms with Crippen molar-refractivity contribution < 1.29 is 13.6 Å². The normalized spacial score (nSPS) is 10.8. The second kappa shape index (κ2) is 5.17. The molecular formula is C15H14ClFO2. The predicted octanol–water partition coefficient (Wildman–Crippen LogP) is 4.42. The molecule has 0 spiro atoms. The molecule has 1 heterocycles. The van der Waals surface area contributed by atoms with Gasteiger partial charge in [0.05, 0.1) is 5.56 Å². The topological polar surface area (TPSA) is 30.2 Å². The molecule has 2 aromatic rings. The van der Waals surface area contributed by atoms with Gasteiger partial charge < -0.3 is 4.42 Å². The summed E-state index contributed by atoms with van der Waals surface area (Å²) in [6.07, 6.45) is 0.00363. The largest absolute Gasteiger partial charge is 0.466 e. The summed E-state index contributed by atoms with van der Waals surface area (Å²) >= 11 is 5.68. The molecule has 0 N–H and O–H groups in total. The summed E-state index contributed by atoms with van der Waals surface area (Å²) < 4.78 is 19.1. The summed E-state index contributed by atoms with van der Waals surface area (Å²) in [5, 5.41) is 0.320. The molecular weight excluding hydrogens is 267 g/mol.